The van der Waals surface area contributed by atoms with E-state index in [2.05, 4.69) is 20.3 Å². The second-order valence-electron chi connectivity index (χ2n) is 7.12. The van der Waals surface area contributed by atoms with Crippen LogP contribution < -0.4 is 10.6 Å². The van der Waals surface area contributed by atoms with Gasteiger partial charge in [-0.05, 0) is 39.3 Å². The van der Waals surface area contributed by atoms with Gasteiger partial charge in [0, 0.05) is 12.5 Å². The van der Waals surface area contributed by atoms with Gasteiger partial charge in [0.15, 0.2) is 11.6 Å². The fourth-order valence-electron chi connectivity index (χ4n) is 2.33. The first kappa shape index (κ1) is 21.4. The van der Waals surface area contributed by atoms with Gasteiger partial charge >= 0.3 is 6.09 Å². The number of nitrogens with one attached hydrogen (secondary N) is 2. The number of alkyl carbamates (subject to hydrolysis) is 1. The van der Waals surface area contributed by atoms with Crippen molar-refractivity contribution < 1.29 is 23.6 Å². The number of hydrogen-bond acceptors (Lipinski definition) is 6. The average molecular weight is 408 g/mol. The third kappa shape index (κ3) is 6.09. The summed E-state index contributed by atoms with van der Waals surface area (Å²) in [5.74, 6) is -0.596. The number of Topliss-reactive ketones (excluding diaryl/α,β-unsaturated/α-hetero) is 1. The number of rotatable bonds is 6. The zero-order valence-corrected chi connectivity index (χ0v) is 16.8. The highest BCUT2D eigenvalue weighted by Crippen LogP contribution is 2.22. The van der Waals surface area contributed by atoms with Crippen LogP contribution in [-0.4, -0.2) is 34.6 Å². The molecule has 1 atom stereocenters. The first-order chi connectivity index (χ1) is 13.1. The van der Waals surface area contributed by atoms with E-state index in [0.29, 0.717) is 5.56 Å². The van der Waals surface area contributed by atoms with E-state index in [9.17, 15) is 14.4 Å². The topological polar surface area (TPSA) is 111 Å². The quantitative estimate of drug-likeness (QED) is 0.756. The molecule has 0 saturated carbocycles. The van der Waals surface area contributed by atoms with E-state index < -0.39 is 23.6 Å². The largest absolute Gasteiger partial charge is 0.444 e. The van der Waals surface area contributed by atoms with Crippen molar-refractivity contribution in [3.63, 3.8) is 0 Å². The maximum Gasteiger partial charge on any atom is 0.408 e. The third-order valence-corrected chi connectivity index (χ3v) is 3.90. The minimum Gasteiger partial charge on any atom is -0.444 e. The van der Waals surface area contributed by atoms with Crippen molar-refractivity contribution in [3.05, 3.63) is 46.7 Å². The smallest absolute Gasteiger partial charge is 0.408 e. The highest BCUT2D eigenvalue weighted by molar-refractivity contribution is 6.34. The van der Waals surface area contributed by atoms with Crippen LogP contribution >= 0.6 is 11.6 Å². The number of aromatic nitrogens is 1. The van der Waals surface area contributed by atoms with Gasteiger partial charge in [0.2, 0.25) is 0 Å². The van der Waals surface area contributed by atoms with E-state index in [0.717, 1.165) is 0 Å². The number of carbonyl (C=O) groups is 3. The molecule has 0 radical (unpaired) electrons. The van der Waals surface area contributed by atoms with E-state index in [1.807, 2.05) is 0 Å². The Morgan fingerprint density at radius 1 is 1.25 bits per heavy atom. The molecule has 0 saturated heterocycles. The molecular weight excluding hydrogens is 386 g/mol. The van der Waals surface area contributed by atoms with Crippen molar-refractivity contribution in [2.75, 3.05) is 5.32 Å². The second-order valence-corrected chi connectivity index (χ2v) is 7.53. The zero-order chi connectivity index (χ0) is 20.9. The Labute approximate surface area is 167 Å². The summed E-state index contributed by atoms with van der Waals surface area (Å²) >= 11 is 6.18. The van der Waals surface area contributed by atoms with Crippen LogP contribution in [0.3, 0.4) is 0 Å². The number of nitrogens with zero attached hydrogens (tertiary/aromatic N) is 1. The van der Waals surface area contributed by atoms with Crippen LogP contribution in [0.15, 0.2) is 35.1 Å². The van der Waals surface area contributed by atoms with Crippen LogP contribution in [0.1, 0.15) is 43.6 Å². The first-order valence-electron chi connectivity index (χ1n) is 8.58. The lowest BCUT2D eigenvalue weighted by molar-refractivity contribution is -0.120. The summed E-state index contributed by atoms with van der Waals surface area (Å²) in [6.45, 7) is 6.73. The normalized spacial score (nSPS) is 12.2. The molecule has 8 nitrogen and oxygen atoms in total. The van der Waals surface area contributed by atoms with Gasteiger partial charge in [-0.1, -0.05) is 28.9 Å². The van der Waals surface area contributed by atoms with Gasteiger partial charge in [0.05, 0.1) is 16.6 Å². The zero-order valence-electron chi connectivity index (χ0n) is 16.0. The standard InChI is InChI=1S/C19H22ClN3O5/c1-11(21-18(26)28-19(2,3)4)14(24)10-12-6-5-7-13(20)16(12)17(25)22-15-8-9-27-23-15/h5-9,11H,10H2,1-4H3,(H,21,26)(H,22,23,25)/t11-/m0/s1. The maximum absolute atomic E-state index is 12.6. The molecule has 1 aromatic heterocycles. The molecule has 0 spiro atoms. The number of anilines is 1. The lowest BCUT2D eigenvalue weighted by atomic mass is 9.99. The molecule has 1 heterocycles. The highest BCUT2D eigenvalue weighted by atomic mass is 35.5. The van der Waals surface area contributed by atoms with Crippen molar-refractivity contribution >= 4 is 35.2 Å². The maximum atomic E-state index is 12.6. The van der Waals surface area contributed by atoms with Crippen LogP contribution in [-0.2, 0) is 16.0 Å². The predicted octanol–water partition coefficient (Wildman–Crippen LogP) is 3.61. The molecule has 150 valence electrons. The fraction of sp³-hybridized carbons (Fsp3) is 0.368. The van der Waals surface area contributed by atoms with Crippen LogP contribution in [0.25, 0.3) is 0 Å². The molecule has 0 bridgehead atoms. The van der Waals surface area contributed by atoms with Crippen LogP contribution in [0, 0.1) is 0 Å². The van der Waals surface area contributed by atoms with Gasteiger partial charge < -0.3 is 19.9 Å². The molecular formula is C19H22ClN3O5. The first-order valence-corrected chi connectivity index (χ1v) is 8.96. The van der Waals surface area contributed by atoms with Gasteiger partial charge in [-0.2, -0.15) is 0 Å². The Kier molecular flexibility index (Phi) is 6.80. The number of halogens is 1. The molecule has 0 aliphatic carbocycles. The molecule has 2 aromatic rings. The minimum absolute atomic E-state index is 0.0981. The van der Waals surface area contributed by atoms with Crippen molar-refractivity contribution in [1.82, 2.24) is 10.5 Å². The molecule has 0 unspecified atom stereocenters. The lowest BCUT2D eigenvalue weighted by Crippen LogP contribution is -2.42. The van der Waals surface area contributed by atoms with Crippen molar-refractivity contribution in [2.24, 2.45) is 0 Å². The van der Waals surface area contributed by atoms with Gasteiger partial charge in [0.25, 0.3) is 5.91 Å². The molecule has 2 amide bonds. The van der Waals surface area contributed by atoms with Crippen molar-refractivity contribution in [1.29, 1.82) is 0 Å². The average Bonchev–Trinajstić information content (AvgIpc) is 3.05. The van der Waals surface area contributed by atoms with E-state index in [1.54, 1.807) is 45.9 Å². The minimum atomic E-state index is -0.805. The molecule has 0 fully saturated rings. The predicted molar refractivity (Wildman–Crippen MR) is 103 cm³/mol. The van der Waals surface area contributed by atoms with Crippen molar-refractivity contribution in [2.45, 2.75) is 45.8 Å². The Morgan fingerprint density at radius 3 is 2.57 bits per heavy atom. The summed E-state index contributed by atoms with van der Waals surface area (Å²) in [7, 11) is 0. The molecule has 2 N–H and O–H groups in total. The SMILES string of the molecule is C[C@H](NC(=O)OC(C)(C)C)C(=O)Cc1cccc(Cl)c1C(=O)Nc1ccon1. The van der Waals surface area contributed by atoms with Crippen LogP contribution in [0.5, 0.6) is 0 Å². The van der Waals surface area contributed by atoms with Gasteiger partial charge in [0.1, 0.15) is 11.9 Å². The summed E-state index contributed by atoms with van der Waals surface area (Å²) in [6, 6.07) is 5.49. The van der Waals surface area contributed by atoms with Crippen molar-refractivity contribution in [3.8, 4) is 0 Å². The van der Waals surface area contributed by atoms with Gasteiger partial charge in [-0.15, -0.1) is 0 Å². The Morgan fingerprint density at radius 2 is 1.96 bits per heavy atom. The lowest BCUT2D eigenvalue weighted by Gasteiger charge is -2.21. The fourth-order valence-corrected chi connectivity index (χ4v) is 2.61. The Balaban J connectivity index is 2.10. The Bertz CT molecular complexity index is 859. The van der Waals surface area contributed by atoms with E-state index in [4.69, 9.17) is 16.3 Å². The number of hydrogen-bond donors (Lipinski definition) is 2. The number of carbonyl (C=O) groups excluding carboxylic acids is 3. The molecule has 28 heavy (non-hydrogen) atoms. The molecule has 0 aliphatic rings. The number of benzene rings is 1. The molecule has 9 heteroatoms. The summed E-state index contributed by atoms with van der Waals surface area (Å²) in [5.41, 5.74) is -0.0899. The summed E-state index contributed by atoms with van der Waals surface area (Å²) < 4.78 is 9.82. The summed E-state index contributed by atoms with van der Waals surface area (Å²) in [6.07, 6.45) is 0.527. The number of ketones is 1. The van der Waals surface area contributed by atoms with E-state index in [1.165, 1.54) is 12.3 Å². The number of amides is 2. The van der Waals surface area contributed by atoms with Crippen LogP contribution in [0.2, 0.25) is 5.02 Å². The number of ether oxygens (including phenoxy) is 1. The summed E-state index contributed by atoms with van der Waals surface area (Å²) in [4.78, 5) is 37.0. The monoisotopic (exact) mass is 407 g/mol. The molecule has 1 aromatic carbocycles. The van der Waals surface area contributed by atoms with Crippen LogP contribution in [0.4, 0.5) is 10.6 Å². The van der Waals surface area contributed by atoms with E-state index >= 15 is 0 Å². The highest BCUT2D eigenvalue weighted by Gasteiger charge is 2.23. The van der Waals surface area contributed by atoms with Gasteiger partial charge in [-0.25, -0.2) is 4.79 Å². The van der Waals surface area contributed by atoms with E-state index in [-0.39, 0.29) is 28.6 Å². The Hall–Kier alpha value is -2.87. The van der Waals surface area contributed by atoms with Gasteiger partial charge in [-0.3, -0.25) is 9.59 Å². The molecule has 0 aliphatic heterocycles. The molecule has 2 rings (SSSR count). The second kappa shape index (κ2) is 8.88. The third-order valence-electron chi connectivity index (χ3n) is 3.59. The summed E-state index contributed by atoms with van der Waals surface area (Å²) in [5, 5.41) is 8.85.